The molecule has 1 N–H and O–H groups in total. The molecular weight excluding hydrogens is 252 g/mol. The van der Waals surface area contributed by atoms with E-state index in [2.05, 4.69) is 11.4 Å². The zero-order valence-corrected chi connectivity index (χ0v) is 13.0. The third-order valence-corrected chi connectivity index (χ3v) is 3.11. The van der Waals surface area contributed by atoms with Gasteiger partial charge < -0.3 is 10.2 Å². The average Bonchev–Trinajstić information content (AvgIpc) is 2.26. The molecule has 0 spiro atoms. The summed E-state index contributed by atoms with van der Waals surface area (Å²) < 4.78 is 0. The minimum Gasteiger partial charge on any atom is -0.340 e. The van der Waals surface area contributed by atoms with Crippen molar-refractivity contribution in [1.82, 2.24) is 4.90 Å². The lowest BCUT2D eigenvalue weighted by atomic mass is 10.1. The van der Waals surface area contributed by atoms with Crippen LogP contribution in [0.2, 0.25) is 0 Å². The van der Waals surface area contributed by atoms with Crippen LogP contribution in [-0.2, 0) is 9.59 Å². The summed E-state index contributed by atoms with van der Waals surface area (Å²) in [5.74, 6) is -0.0684. The van der Waals surface area contributed by atoms with Gasteiger partial charge in [-0.05, 0) is 51.0 Å². The Balaban J connectivity index is 2.57. The van der Waals surface area contributed by atoms with Crippen LogP contribution >= 0.6 is 0 Å². The van der Waals surface area contributed by atoms with E-state index in [4.69, 9.17) is 0 Å². The first kappa shape index (κ1) is 16.2. The van der Waals surface area contributed by atoms with Gasteiger partial charge in [-0.25, -0.2) is 0 Å². The lowest BCUT2D eigenvalue weighted by Gasteiger charge is -2.25. The first-order valence-electron chi connectivity index (χ1n) is 6.95. The topological polar surface area (TPSA) is 49.4 Å². The Bertz CT molecular complexity index is 475. The van der Waals surface area contributed by atoms with E-state index in [0.29, 0.717) is 13.0 Å². The quantitative estimate of drug-likeness (QED) is 0.899. The van der Waals surface area contributed by atoms with Gasteiger partial charge in [-0.15, -0.1) is 0 Å². The molecule has 4 heteroatoms. The Morgan fingerprint density at radius 1 is 1.15 bits per heavy atom. The molecule has 1 aromatic rings. The van der Waals surface area contributed by atoms with Gasteiger partial charge in [-0.1, -0.05) is 6.07 Å². The smallest absolute Gasteiger partial charge is 0.226 e. The molecule has 0 aliphatic carbocycles. The maximum Gasteiger partial charge on any atom is 0.226 e. The van der Waals surface area contributed by atoms with Gasteiger partial charge in [-0.3, -0.25) is 9.59 Å². The number of amides is 2. The van der Waals surface area contributed by atoms with Crippen molar-refractivity contribution in [2.24, 2.45) is 0 Å². The fourth-order valence-corrected chi connectivity index (χ4v) is 2.27. The van der Waals surface area contributed by atoms with E-state index in [-0.39, 0.29) is 17.9 Å². The fourth-order valence-electron chi connectivity index (χ4n) is 2.27. The molecule has 1 rings (SSSR count). The highest BCUT2D eigenvalue weighted by atomic mass is 16.2. The van der Waals surface area contributed by atoms with Crippen LogP contribution in [0.4, 0.5) is 5.69 Å². The minimum absolute atomic E-state index is 0.000741. The van der Waals surface area contributed by atoms with Crippen molar-refractivity contribution in [3.05, 3.63) is 29.3 Å². The van der Waals surface area contributed by atoms with Gasteiger partial charge in [-0.2, -0.15) is 0 Å². The number of hydrogen-bond acceptors (Lipinski definition) is 2. The number of carbonyl (C=O) groups is 2. The van der Waals surface area contributed by atoms with E-state index in [9.17, 15) is 9.59 Å². The predicted molar refractivity (Wildman–Crippen MR) is 81.7 cm³/mol. The van der Waals surface area contributed by atoms with Crippen LogP contribution in [0.25, 0.3) is 0 Å². The van der Waals surface area contributed by atoms with Crippen molar-refractivity contribution in [1.29, 1.82) is 0 Å². The zero-order chi connectivity index (χ0) is 15.3. The predicted octanol–water partition coefficient (Wildman–Crippen LogP) is 2.89. The first-order chi connectivity index (χ1) is 9.29. The number of nitrogens with zero attached hydrogens (tertiary/aromatic N) is 1. The minimum atomic E-state index is -0.0677. The van der Waals surface area contributed by atoms with Crippen LogP contribution in [-0.4, -0.2) is 29.3 Å². The van der Waals surface area contributed by atoms with Crippen molar-refractivity contribution in [3.63, 3.8) is 0 Å². The van der Waals surface area contributed by atoms with Crippen molar-refractivity contribution in [3.8, 4) is 0 Å². The lowest BCUT2D eigenvalue weighted by molar-refractivity contribution is -0.130. The summed E-state index contributed by atoms with van der Waals surface area (Å²) in [5.41, 5.74) is 3.05. The summed E-state index contributed by atoms with van der Waals surface area (Å²) in [6.45, 7) is 9.87. The van der Waals surface area contributed by atoms with E-state index in [0.717, 1.165) is 16.8 Å². The summed E-state index contributed by atoms with van der Waals surface area (Å²) in [6, 6.07) is 6.06. The van der Waals surface area contributed by atoms with E-state index in [1.165, 1.54) is 6.92 Å². The molecule has 0 heterocycles. The first-order valence-corrected chi connectivity index (χ1v) is 6.95. The Kier molecular flexibility index (Phi) is 5.74. The zero-order valence-electron chi connectivity index (χ0n) is 13.0. The summed E-state index contributed by atoms with van der Waals surface area (Å²) in [7, 11) is 0. The number of hydrogen-bond donors (Lipinski definition) is 1. The molecule has 0 saturated heterocycles. The highest BCUT2D eigenvalue weighted by Gasteiger charge is 2.14. The molecule has 0 radical (unpaired) electrons. The number of carbonyl (C=O) groups excluding carboxylic acids is 2. The number of anilines is 1. The maximum absolute atomic E-state index is 11.9. The second-order valence-corrected chi connectivity index (χ2v) is 5.48. The van der Waals surface area contributed by atoms with Gasteiger partial charge in [0.2, 0.25) is 11.8 Å². The molecule has 110 valence electrons. The fraction of sp³-hybridized carbons (Fsp3) is 0.500. The van der Waals surface area contributed by atoms with Crippen molar-refractivity contribution < 1.29 is 9.59 Å². The van der Waals surface area contributed by atoms with Gasteiger partial charge in [0, 0.05) is 31.6 Å². The summed E-state index contributed by atoms with van der Waals surface area (Å²) >= 11 is 0. The van der Waals surface area contributed by atoms with Crippen molar-refractivity contribution in [2.45, 2.75) is 47.1 Å². The number of rotatable bonds is 5. The van der Waals surface area contributed by atoms with E-state index >= 15 is 0 Å². The molecule has 20 heavy (non-hydrogen) atoms. The van der Waals surface area contributed by atoms with Crippen LogP contribution in [0.5, 0.6) is 0 Å². The second kappa shape index (κ2) is 7.08. The Morgan fingerprint density at radius 2 is 1.70 bits per heavy atom. The molecule has 2 amide bonds. The third kappa shape index (κ3) is 5.03. The largest absolute Gasteiger partial charge is 0.340 e. The summed E-state index contributed by atoms with van der Waals surface area (Å²) in [4.78, 5) is 25.1. The number of benzene rings is 1. The highest BCUT2D eigenvalue weighted by molar-refractivity contribution is 5.91. The van der Waals surface area contributed by atoms with E-state index in [1.54, 1.807) is 4.90 Å². The summed E-state index contributed by atoms with van der Waals surface area (Å²) in [5, 5.41) is 2.88. The molecular formula is C16H24N2O2. The van der Waals surface area contributed by atoms with E-state index < -0.39 is 0 Å². The van der Waals surface area contributed by atoms with Gasteiger partial charge in [0.1, 0.15) is 0 Å². The molecule has 0 aromatic heterocycles. The van der Waals surface area contributed by atoms with Gasteiger partial charge in [0.15, 0.2) is 0 Å². The number of nitrogens with one attached hydrogen (secondary N) is 1. The molecule has 0 aliphatic rings. The molecule has 0 fully saturated rings. The number of aryl methyl sites for hydroxylation is 2. The maximum atomic E-state index is 11.9. The normalized spacial score (nSPS) is 10.5. The molecule has 0 atom stereocenters. The monoisotopic (exact) mass is 276 g/mol. The van der Waals surface area contributed by atoms with Gasteiger partial charge in [0.25, 0.3) is 0 Å². The molecule has 0 aliphatic heterocycles. The average molecular weight is 276 g/mol. The third-order valence-electron chi connectivity index (χ3n) is 3.11. The summed E-state index contributed by atoms with van der Waals surface area (Å²) in [6.07, 6.45) is 0.310. The van der Waals surface area contributed by atoms with Crippen molar-refractivity contribution >= 4 is 17.5 Å². The van der Waals surface area contributed by atoms with Crippen LogP contribution in [0.15, 0.2) is 18.2 Å². The van der Waals surface area contributed by atoms with Crippen LogP contribution < -0.4 is 5.32 Å². The van der Waals surface area contributed by atoms with Crippen LogP contribution in [0.1, 0.15) is 38.3 Å². The molecule has 0 unspecified atom stereocenters. The second-order valence-electron chi connectivity index (χ2n) is 5.48. The van der Waals surface area contributed by atoms with Crippen molar-refractivity contribution in [2.75, 3.05) is 11.9 Å². The van der Waals surface area contributed by atoms with Crippen LogP contribution in [0, 0.1) is 13.8 Å². The molecule has 0 saturated carbocycles. The molecule has 4 nitrogen and oxygen atoms in total. The standard InChI is InChI=1S/C16H24N2O2/c1-11(2)18(14(5)19)7-6-16(20)17-15-9-12(3)8-13(4)10-15/h8-11H,6-7H2,1-5H3,(H,17,20). The van der Waals surface area contributed by atoms with Crippen LogP contribution in [0.3, 0.4) is 0 Å². The van der Waals surface area contributed by atoms with Gasteiger partial charge >= 0.3 is 0 Å². The molecule has 1 aromatic carbocycles. The Hall–Kier alpha value is -1.84. The van der Waals surface area contributed by atoms with E-state index in [1.807, 2.05) is 39.8 Å². The lowest BCUT2D eigenvalue weighted by Crippen LogP contribution is -2.37. The Morgan fingerprint density at radius 3 is 2.15 bits per heavy atom. The molecule has 0 bridgehead atoms. The van der Waals surface area contributed by atoms with Gasteiger partial charge in [0.05, 0.1) is 0 Å². The Labute approximate surface area is 121 Å². The SMILES string of the molecule is CC(=O)N(CCC(=O)Nc1cc(C)cc(C)c1)C(C)C. The highest BCUT2D eigenvalue weighted by Crippen LogP contribution is 2.14.